The van der Waals surface area contributed by atoms with Crippen molar-refractivity contribution in [2.45, 2.75) is 12.8 Å². The highest BCUT2D eigenvalue weighted by Gasteiger charge is 2.14. The molecule has 166 valence electrons. The van der Waals surface area contributed by atoms with Gasteiger partial charge in [0, 0.05) is 55.3 Å². The molecule has 0 aliphatic rings. The van der Waals surface area contributed by atoms with Gasteiger partial charge in [0.15, 0.2) is 0 Å². The molecule has 2 aromatic rings. The van der Waals surface area contributed by atoms with Gasteiger partial charge in [-0.05, 0) is 23.3 Å². The molecule has 0 radical (unpaired) electrons. The predicted molar refractivity (Wildman–Crippen MR) is 122 cm³/mol. The Bertz CT molecular complexity index is 953. The van der Waals surface area contributed by atoms with Gasteiger partial charge in [-0.3, -0.25) is 20.2 Å². The molecule has 2 heterocycles. The van der Waals surface area contributed by atoms with Crippen molar-refractivity contribution in [1.82, 2.24) is 20.6 Å². The van der Waals surface area contributed by atoms with Gasteiger partial charge >= 0.3 is 4.61 Å². The van der Waals surface area contributed by atoms with Crippen molar-refractivity contribution in [2.24, 2.45) is 0 Å². The number of nitrogens with zero attached hydrogens (tertiary/aromatic N) is 4. The third kappa shape index (κ3) is 10.2. The van der Waals surface area contributed by atoms with Crippen LogP contribution in [0.5, 0.6) is 0 Å². The van der Waals surface area contributed by atoms with Gasteiger partial charge in [-0.25, -0.2) is 9.97 Å². The van der Waals surface area contributed by atoms with Gasteiger partial charge in [-0.1, -0.05) is 35.3 Å². The van der Waals surface area contributed by atoms with Crippen LogP contribution in [0.25, 0.3) is 0 Å². The van der Waals surface area contributed by atoms with Crippen molar-refractivity contribution < 1.29 is 9.85 Å². The lowest BCUT2D eigenvalue weighted by Gasteiger charge is -2.05. The molecule has 0 spiro atoms. The molecule has 0 saturated heterocycles. The average Bonchev–Trinajstić information content (AvgIpc) is 2.74. The van der Waals surface area contributed by atoms with Crippen LogP contribution in [0.3, 0.4) is 0 Å². The molecule has 0 aliphatic heterocycles. The molecule has 13 heteroatoms. The number of hydrogen-bond donors (Lipinski definition) is 2. The minimum Gasteiger partial charge on any atom is -0.386 e. The molecule has 2 N–H and O–H groups in total. The number of likely N-dealkylation sites (N-methyl/N-ethyl adjacent to an activating group) is 2. The van der Waals surface area contributed by atoms with E-state index in [2.05, 4.69) is 36.5 Å². The molecule has 0 aliphatic carbocycles. The van der Waals surface area contributed by atoms with E-state index in [1.165, 1.54) is 0 Å². The fraction of sp³-hybridized carbons (Fsp3) is 0.222. The zero-order chi connectivity index (χ0) is 23.4. The van der Waals surface area contributed by atoms with Gasteiger partial charge in [-0.15, -0.1) is 0 Å². The molecule has 0 unspecified atom stereocenters. The van der Waals surface area contributed by atoms with Crippen LogP contribution in [0, 0.1) is 20.2 Å². The molecule has 0 aromatic carbocycles. The van der Waals surface area contributed by atoms with Gasteiger partial charge in [-0.2, -0.15) is 0 Å². The molecule has 31 heavy (non-hydrogen) atoms. The highest BCUT2D eigenvalue weighted by molar-refractivity contribution is 9.11. The van der Waals surface area contributed by atoms with E-state index < -0.39 is 9.85 Å². The van der Waals surface area contributed by atoms with Crippen molar-refractivity contribution in [3.8, 4) is 0 Å². The summed E-state index contributed by atoms with van der Waals surface area (Å²) in [4.78, 5) is 27.6. The average molecular weight is 534 g/mol. The standard InChI is InChI=1S/C9H9BrClN3O2.C9H10ClN3O2/c1-12-7(9(10)14(15)16)4-6-2-3-8(11)13-5-6;1-11-8(6-13(14)15)4-7-2-3-9(10)12-5-7/h2-3,5,12H,4H2,1H3;2-3,5-6,11H,4H2,1H3/b9-7-;8-6-. The van der Waals surface area contributed by atoms with E-state index in [1.54, 1.807) is 50.8 Å². The zero-order valence-electron chi connectivity index (χ0n) is 16.5. The summed E-state index contributed by atoms with van der Waals surface area (Å²) in [5.74, 6) is 0. The van der Waals surface area contributed by atoms with Crippen LogP contribution in [0.4, 0.5) is 0 Å². The van der Waals surface area contributed by atoms with E-state index in [-0.39, 0.29) is 4.61 Å². The Balaban J connectivity index is 0.000000311. The monoisotopic (exact) mass is 532 g/mol. The fourth-order valence-electron chi connectivity index (χ4n) is 2.15. The van der Waals surface area contributed by atoms with Crippen molar-refractivity contribution in [1.29, 1.82) is 0 Å². The number of nitro groups is 2. The van der Waals surface area contributed by atoms with E-state index in [0.29, 0.717) is 34.5 Å². The molecule has 0 saturated carbocycles. The first kappa shape index (κ1) is 26.3. The third-order valence-corrected chi connectivity index (χ3v) is 4.86. The maximum atomic E-state index is 10.6. The highest BCUT2D eigenvalue weighted by atomic mass is 79.9. The number of rotatable bonds is 8. The first-order valence-corrected chi connectivity index (χ1v) is 10.1. The Morgan fingerprint density at radius 1 is 1.00 bits per heavy atom. The topological polar surface area (TPSA) is 136 Å². The van der Waals surface area contributed by atoms with Gasteiger partial charge in [0.2, 0.25) is 0 Å². The van der Waals surface area contributed by atoms with Gasteiger partial charge in [0.1, 0.15) is 16.0 Å². The Kier molecular flexibility index (Phi) is 11.5. The molecular weight excluding hydrogens is 515 g/mol. The van der Waals surface area contributed by atoms with Crippen LogP contribution in [-0.2, 0) is 12.8 Å². The smallest absolute Gasteiger partial charge is 0.329 e. The number of halogens is 3. The number of nitrogens with one attached hydrogen (secondary N) is 2. The third-order valence-electron chi connectivity index (χ3n) is 3.65. The number of hydrogen-bond acceptors (Lipinski definition) is 8. The summed E-state index contributed by atoms with van der Waals surface area (Å²) < 4.78 is -0.0787. The quantitative estimate of drug-likeness (QED) is 0.225. The largest absolute Gasteiger partial charge is 0.386 e. The van der Waals surface area contributed by atoms with Gasteiger partial charge in [0.25, 0.3) is 6.20 Å². The summed E-state index contributed by atoms with van der Waals surface area (Å²) in [7, 11) is 3.27. The molecule has 0 fully saturated rings. The Hall–Kier alpha value is -2.76. The first-order chi connectivity index (χ1) is 14.7. The second-order valence-electron chi connectivity index (χ2n) is 5.80. The summed E-state index contributed by atoms with van der Waals surface area (Å²) in [6.07, 6.45) is 4.94. The summed E-state index contributed by atoms with van der Waals surface area (Å²) in [6.45, 7) is 0. The van der Waals surface area contributed by atoms with Crippen molar-refractivity contribution in [3.63, 3.8) is 0 Å². The SMILES string of the molecule is CN/C(=C\[N+](=O)[O-])Cc1ccc(Cl)nc1.CN/C(Cc1ccc(Cl)nc1)=C(/Br)[N+](=O)[O-]. The van der Waals surface area contributed by atoms with E-state index in [0.717, 1.165) is 17.3 Å². The summed E-state index contributed by atoms with van der Waals surface area (Å²) >= 11 is 14.2. The van der Waals surface area contributed by atoms with E-state index in [1.807, 2.05) is 0 Å². The summed E-state index contributed by atoms with van der Waals surface area (Å²) in [5.41, 5.74) is 2.70. The van der Waals surface area contributed by atoms with E-state index in [4.69, 9.17) is 23.2 Å². The molecule has 2 aromatic heterocycles. The van der Waals surface area contributed by atoms with Crippen LogP contribution >= 0.6 is 39.1 Å². The summed E-state index contributed by atoms with van der Waals surface area (Å²) in [5, 5.41) is 27.2. The molecule has 0 amide bonds. The lowest BCUT2D eigenvalue weighted by atomic mass is 10.2. The molecule has 0 atom stereocenters. The number of pyridine rings is 2. The van der Waals surface area contributed by atoms with E-state index >= 15 is 0 Å². The van der Waals surface area contributed by atoms with Crippen LogP contribution in [0.2, 0.25) is 10.3 Å². The van der Waals surface area contributed by atoms with Crippen LogP contribution in [-0.4, -0.2) is 33.9 Å². The highest BCUT2D eigenvalue weighted by Crippen LogP contribution is 2.16. The predicted octanol–water partition coefficient (Wildman–Crippen LogP) is 3.95. The number of allylic oxidation sites excluding steroid dienone is 2. The lowest BCUT2D eigenvalue weighted by Crippen LogP contribution is -2.13. The maximum absolute atomic E-state index is 10.6. The van der Waals surface area contributed by atoms with Crippen molar-refractivity contribution >= 4 is 39.1 Å². The Labute approximate surface area is 196 Å². The van der Waals surface area contributed by atoms with Crippen LogP contribution in [0.15, 0.2) is 58.9 Å². The summed E-state index contributed by atoms with van der Waals surface area (Å²) in [6, 6.07) is 6.84. The lowest BCUT2D eigenvalue weighted by molar-refractivity contribution is -0.410. The minimum absolute atomic E-state index is 0.0787. The number of aromatic nitrogens is 2. The van der Waals surface area contributed by atoms with Crippen molar-refractivity contribution in [2.75, 3.05) is 14.1 Å². The van der Waals surface area contributed by atoms with Gasteiger partial charge < -0.3 is 10.6 Å². The minimum atomic E-state index is -0.491. The normalized spacial score (nSPS) is 11.6. The maximum Gasteiger partial charge on any atom is 0.329 e. The van der Waals surface area contributed by atoms with Crippen LogP contribution < -0.4 is 10.6 Å². The molecule has 2 rings (SSSR count). The van der Waals surface area contributed by atoms with E-state index in [9.17, 15) is 20.2 Å². The zero-order valence-corrected chi connectivity index (χ0v) is 19.6. The first-order valence-electron chi connectivity index (χ1n) is 8.59. The van der Waals surface area contributed by atoms with Gasteiger partial charge in [0.05, 0.1) is 15.5 Å². The second-order valence-corrected chi connectivity index (χ2v) is 7.32. The molecule has 10 nitrogen and oxygen atoms in total. The Morgan fingerprint density at radius 2 is 1.52 bits per heavy atom. The molecular formula is C18H19BrCl2N6O4. The molecule has 0 bridgehead atoms. The van der Waals surface area contributed by atoms with Crippen molar-refractivity contribution in [3.05, 3.63) is 101 Å². The van der Waals surface area contributed by atoms with Crippen LogP contribution in [0.1, 0.15) is 11.1 Å². The fourth-order valence-corrected chi connectivity index (χ4v) is 2.71. The Morgan fingerprint density at radius 3 is 1.87 bits per heavy atom. The second kappa shape index (κ2) is 13.5.